The molecule has 0 aliphatic rings. The van der Waals surface area contributed by atoms with Gasteiger partial charge in [0.15, 0.2) is 11.6 Å². The van der Waals surface area contributed by atoms with Gasteiger partial charge in [-0.3, -0.25) is 0 Å². The SMILES string of the molecule is CCCc1ccc(CCC(F)(F)Oc2cc(F)c(-c3ccc(F)c(F)c3)c(F)c2)cc1. The molecule has 0 atom stereocenters. The van der Waals surface area contributed by atoms with Gasteiger partial charge >= 0.3 is 6.11 Å². The molecule has 0 saturated heterocycles. The second-order valence-corrected chi connectivity index (χ2v) is 7.20. The van der Waals surface area contributed by atoms with Gasteiger partial charge in [-0.25, -0.2) is 17.6 Å². The van der Waals surface area contributed by atoms with Crippen molar-refractivity contribution in [1.82, 2.24) is 0 Å². The van der Waals surface area contributed by atoms with Gasteiger partial charge < -0.3 is 4.74 Å². The van der Waals surface area contributed by atoms with Gasteiger partial charge in [0.25, 0.3) is 0 Å². The topological polar surface area (TPSA) is 9.23 Å². The standard InChI is InChI=1S/C24H20F6O/c1-2-3-15-4-6-16(7-5-15)10-11-24(29,30)31-18-13-21(27)23(22(28)14-18)17-8-9-19(25)20(26)12-17/h4-9,12-14H,2-3,10-11H2,1H3. The first-order valence-corrected chi connectivity index (χ1v) is 9.77. The monoisotopic (exact) mass is 438 g/mol. The molecule has 0 spiro atoms. The highest BCUT2D eigenvalue weighted by molar-refractivity contribution is 5.66. The molecule has 0 heterocycles. The van der Waals surface area contributed by atoms with E-state index < -0.39 is 47.1 Å². The van der Waals surface area contributed by atoms with E-state index in [9.17, 15) is 26.3 Å². The van der Waals surface area contributed by atoms with E-state index in [2.05, 4.69) is 4.74 Å². The lowest BCUT2D eigenvalue weighted by molar-refractivity contribution is -0.180. The zero-order chi connectivity index (χ0) is 22.6. The van der Waals surface area contributed by atoms with Crippen molar-refractivity contribution in [3.63, 3.8) is 0 Å². The lowest BCUT2D eigenvalue weighted by Crippen LogP contribution is -2.25. The maximum absolute atomic E-state index is 14.4. The molecule has 0 aliphatic heterocycles. The molecule has 0 saturated carbocycles. The number of benzene rings is 3. The average Bonchev–Trinajstić information content (AvgIpc) is 2.69. The van der Waals surface area contributed by atoms with Gasteiger partial charge in [0, 0.05) is 12.1 Å². The van der Waals surface area contributed by atoms with Crippen LogP contribution in [0.1, 0.15) is 30.9 Å². The summed E-state index contributed by atoms with van der Waals surface area (Å²) in [5.74, 6) is -5.63. The molecule has 3 rings (SSSR count). The zero-order valence-electron chi connectivity index (χ0n) is 16.7. The van der Waals surface area contributed by atoms with Crippen molar-refractivity contribution in [3.05, 3.63) is 89.0 Å². The van der Waals surface area contributed by atoms with Crippen LogP contribution < -0.4 is 4.74 Å². The maximum Gasteiger partial charge on any atom is 0.398 e. The minimum absolute atomic E-state index is 0.0112. The van der Waals surface area contributed by atoms with E-state index in [1.54, 1.807) is 12.1 Å². The van der Waals surface area contributed by atoms with E-state index >= 15 is 0 Å². The molecular weight excluding hydrogens is 418 g/mol. The second kappa shape index (κ2) is 9.45. The summed E-state index contributed by atoms with van der Waals surface area (Å²) in [5.41, 5.74) is 0.871. The Hall–Kier alpha value is -2.96. The molecule has 164 valence electrons. The highest BCUT2D eigenvalue weighted by Crippen LogP contribution is 2.33. The van der Waals surface area contributed by atoms with Gasteiger partial charge in [-0.05, 0) is 41.7 Å². The van der Waals surface area contributed by atoms with E-state index in [4.69, 9.17) is 0 Å². The predicted octanol–water partition coefficient (Wildman–Crippen LogP) is 7.47. The summed E-state index contributed by atoms with van der Waals surface area (Å²) in [7, 11) is 0. The molecule has 0 unspecified atom stereocenters. The van der Waals surface area contributed by atoms with Gasteiger partial charge in [0.2, 0.25) is 0 Å². The fourth-order valence-corrected chi connectivity index (χ4v) is 3.21. The normalized spacial score (nSPS) is 11.6. The summed E-state index contributed by atoms with van der Waals surface area (Å²) in [4.78, 5) is 0. The molecule has 1 nitrogen and oxygen atoms in total. The Labute approximate surface area is 176 Å². The summed E-state index contributed by atoms with van der Waals surface area (Å²) < 4.78 is 88.1. The Bertz CT molecular complexity index is 1020. The number of alkyl halides is 2. The number of halogens is 6. The van der Waals surface area contributed by atoms with Crippen LogP contribution in [-0.4, -0.2) is 6.11 Å². The molecule has 0 aliphatic carbocycles. The lowest BCUT2D eigenvalue weighted by atomic mass is 10.0. The van der Waals surface area contributed by atoms with Crippen LogP contribution in [0.4, 0.5) is 26.3 Å². The number of hydrogen-bond acceptors (Lipinski definition) is 1. The number of aryl methyl sites for hydroxylation is 2. The minimum atomic E-state index is -3.66. The molecule has 3 aromatic rings. The average molecular weight is 438 g/mol. The van der Waals surface area contributed by atoms with Gasteiger partial charge in [-0.15, -0.1) is 0 Å². The first-order valence-electron chi connectivity index (χ1n) is 9.77. The van der Waals surface area contributed by atoms with Crippen LogP contribution in [0.2, 0.25) is 0 Å². The van der Waals surface area contributed by atoms with Crippen LogP contribution >= 0.6 is 0 Å². The third-order valence-electron chi connectivity index (χ3n) is 4.76. The third-order valence-corrected chi connectivity index (χ3v) is 4.76. The van der Waals surface area contributed by atoms with Crippen LogP contribution in [0.5, 0.6) is 5.75 Å². The van der Waals surface area contributed by atoms with E-state index in [1.165, 1.54) is 0 Å². The quantitative estimate of drug-likeness (QED) is 0.332. The molecule has 7 heteroatoms. The second-order valence-electron chi connectivity index (χ2n) is 7.20. The molecule has 0 bridgehead atoms. The Morgan fingerprint density at radius 3 is 1.84 bits per heavy atom. The largest absolute Gasteiger partial charge is 0.432 e. The van der Waals surface area contributed by atoms with Crippen molar-refractivity contribution in [3.8, 4) is 16.9 Å². The van der Waals surface area contributed by atoms with Crippen molar-refractivity contribution in [2.45, 2.75) is 38.7 Å². The Balaban J connectivity index is 1.71. The van der Waals surface area contributed by atoms with Crippen molar-refractivity contribution in [2.75, 3.05) is 0 Å². The van der Waals surface area contributed by atoms with Crippen LogP contribution in [0, 0.1) is 23.3 Å². The molecule has 0 aromatic heterocycles. The van der Waals surface area contributed by atoms with Crippen LogP contribution in [0.25, 0.3) is 11.1 Å². The van der Waals surface area contributed by atoms with E-state index in [0.29, 0.717) is 23.8 Å². The Morgan fingerprint density at radius 2 is 1.29 bits per heavy atom. The minimum Gasteiger partial charge on any atom is -0.432 e. The van der Waals surface area contributed by atoms with Crippen molar-refractivity contribution in [2.24, 2.45) is 0 Å². The van der Waals surface area contributed by atoms with Gasteiger partial charge in [-0.2, -0.15) is 8.78 Å². The van der Waals surface area contributed by atoms with Gasteiger partial charge in [-0.1, -0.05) is 43.7 Å². The lowest BCUT2D eigenvalue weighted by Gasteiger charge is -2.19. The Kier molecular flexibility index (Phi) is 6.93. The summed E-state index contributed by atoms with van der Waals surface area (Å²) in [5, 5.41) is 0. The fourth-order valence-electron chi connectivity index (χ4n) is 3.21. The number of hydrogen-bond donors (Lipinski definition) is 0. The smallest absolute Gasteiger partial charge is 0.398 e. The van der Waals surface area contributed by atoms with Crippen molar-refractivity contribution >= 4 is 0 Å². The Morgan fingerprint density at radius 1 is 0.710 bits per heavy atom. The van der Waals surface area contributed by atoms with Crippen LogP contribution in [0.15, 0.2) is 54.6 Å². The van der Waals surface area contributed by atoms with Crippen LogP contribution in [0.3, 0.4) is 0 Å². The molecule has 0 N–H and O–H groups in total. The summed E-state index contributed by atoms with van der Waals surface area (Å²) in [6, 6.07) is 10.8. The van der Waals surface area contributed by atoms with Gasteiger partial charge in [0.05, 0.1) is 12.0 Å². The highest BCUT2D eigenvalue weighted by atomic mass is 19.3. The first kappa shape index (κ1) is 22.7. The van der Waals surface area contributed by atoms with E-state index in [1.807, 2.05) is 19.1 Å². The van der Waals surface area contributed by atoms with Crippen molar-refractivity contribution < 1.29 is 31.1 Å². The predicted molar refractivity (Wildman–Crippen MR) is 106 cm³/mol. The molecule has 0 radical (unpaired) electrons. The van der Waals surface area contributed by atoms with Crippen molar-refractivity contribution in [1.29, 1.82) is 0 Å². The van der Waals surface area contributed by atoms with Crippen LogP contribution in [-0.2, 0) is 12.8 Å². The fraction of sp³-hybridized carbons (Fsp3) is 0.250. The summed E-state index contributed by atoms with van der Waals surface area (Å²) >= 11 is 0. The third kappa shape index (κ3) is 5.81. The number of rotatable bonds is 8. The van der Waals surface area contributed by atoms with E-state index in [0.717, 1.165) is 30.5 Å². The number of ether oxygens (including phenoxy) is 1. The van der Waals surface area contributed by atoms with E-state index in [-0.39, 0.29) is 12.0 Å². The maximum atomic E-state index is 14.4. The molecule has 31 heavy (non-hydrogen) atoms. The first-order chi connectivity index (χ1) is 14.7. The zero-order valence-corrected chi connectivity index (χ0v) is 16.7. The highest BCUT2D eigenvalue weighted by Gasteiger charge is 2.32. The molecule has 3 aromatic carbocycles. The summed E-state index contributed by atoms with van der Waals surface area (Å²) in [6.07, 6.45) is -2.46. The molecular formula is C24H20F6O. The molecule has 0 fully saturated rings. The summed E-state index contributed by atoms with van der Waals surface area (Å²) in [6.45, 7) is 2.04. The molecule has 0 amide bonds. The van der Waals surface area contributed by atoms with Gasteiger partial charge in [0.1, 0.15) is 17.4 Å².